The molecule has 6 aromatic rings. The van der Waals surface area contributed by atoms with Gasteiger partial charge in [0, 0.05) is 27.9 Å². The second-order valence-electron chi connectivity index (χ2n) is 21.2. The lowest BCUT2D eigenvalue weighted by atomic mass is 9.43. The Morgan fingerprint density at radius 2 is 0.966 bits per heavy atom. The molecule has 0 unspecified atom stereocenters. The Bertz CT molecular complexity index is 2640. The highest BCUT2D eigenvalue weighted by Crippen LogP contribution is 2.70. The Kier molecular flexibility index (Phi) is 7.18. The Morgan fingerprint density at radius 1 is 0.414 bits per heavy atom. The third-order valence-electron chi connectivity index (χ3n) is 16.9. The first-order valence-corrected chi connectivity index (χ1v) is 22.5. The molecule has 0 heterocycles. The number of nitrogens with zero attached hydrogens (tertiary/aromatic N) is 1. The zero-order valence-electron chi connectivity index (χ0n) is 35.3. The molecule has 7 aliphatic rings. The van der Waals surface area contributed by atoms with E-state index in [4.69, 9.17) is 0 Å². The fourth-order valence-corrected chi connectivity index (χ4v) is 14.2. The number of anilines is 3. The highest BCUT2D eigenvalue weighted by atomic mass is 15.1. The molecule has 6 aromatic carbocycles. The summed E-state index contributed by atoms with van der Waals surface area (Å²) in [6.45, 7) is 14.7. The molecule has 1 nitrogen and oxygen atoms in total. The van der Waals surface area contributed by atoms with Gasteiger partial charge >= 0.3 is 0 Å². The number of fused-ring (bicyclic) bond motifs is 7. The lowest BCUT2D eigenvalue weighted by Crippen LogP contribution is -2.55. The van der Waals surface area contributed by atoms with E-state index in [-0.39, 0.29) is 21.7 Å². The molecule has 0 aliphatic heterocycles. The van der Waals surface area contributed by atoms with E-state index in [1.54, 1.807) is 11.1 Å². The standard InChI is InChI=1S/C57H57N/c1-54(2)24-25-55(3,4)51-33-41(21-23-49(51)54)58(40-20-22-44-43-16-10-12-18-47(43)56(5,6)50(44)32-40)42-31-46(37-14-8-7-9-15-37)53-45-17-11-13-19-48(45)57(52(53)34-42)38-27-35-26-36(29-38)30-39(57)28-35/h7-23,31-36,38-39H,24-30H2,1-6H3. The van der Waals surface area contributed by atoms with Crippen LogP contribution in [-0.4, -0.2) is 0 Å². The fourth-order valence-electron chi connectivity index (χ4n) is 14.2. The van der Waals surface area contributed by atoms with Gasteiger partial charge in [-0.15, -0.1) is 0 Å². The molecule has 0 aromatic heterocycles. The van der Waals surface area contributed by atoms with Crippen LogP contribution in [-0.2, 0) is 21.7 Å². The van der Waals surface area contributed by atoms with Crippen LogP contribution in [0.2, 0.25) is 0 Å². The van der Waals surface area contributed by atoms with Gasteiger partial charge in [-0.2, -0.15) is 0 Å². The third-order valence-corrected chi connectivity index (χ3v) is 16.9. The first-order chi connectivity index (χ1) is 27.9. The Hall–Kier alpha value is -4.88. The maximum absolute atomic E-state index is 2.71. The van der Waals surface area contributed by atoms with Crippen LogP contribution in [0.15, 0.2) is 127 Å². The second kappa shape index (κ2) is 11.9. The van der Waals surface area contributed by atoms with E-state index in [9.17, 15) is 0 Å². The average Bonchev–Trinajstić information content (AvgIpc) is 3.64. The van der Waals surface area contributed by atoms with Gasteiger partial charge in [0.1, 0.15) is 0 Å². The summed E-state index contributed by atoms with van der Waals surface area (Å²) in [5.74, 6) is 3.20. The first-order valence-electron chi connectivity index (χ1n) is 22.5. The molecule has 4 bridgehead atoms. The molecule has 1 heteroatoms. The van der Waals surface area contributed by atoms with Crippen LogP contribution >= 0.6 is 0 Å². The van der Waals surface area contributed by atoms with Gasteiger partial charge < -0.3 is 4.90 Å². The summed E-state index contributed by atoms with van der Waals surface area (Å²) in [6, 6.07) is 50.3. The molecule has 4 fully saturated rings. The van der Waals surface area contributed by atoms with E-state index in [1.165, 1.54) is 118 Å². The SMILES string of the molecule is CC1(C)CCC(C)(C)c2cc(N(c3ccc4c(c3)C(C)(C)c3ccccc3-4)c3cc(-c4ccccc4)c4c(c3)C3(c5ccccc5-4)C4CC5CC(C4)CC3C5)ccc21. The fraction of sp³-hybridized carbons (Fsp3) is 0.368. The van der Waals surface area contributed by atoms with Crippen molar-refractivity contribution in [2.75, 3.05) is 4.90 Å². The zero-order chi connectivity index (χ0) is 39.3. The van der Waals surface area contributed by atoms with Crippen LogP contribution in [0, 0.1) is 23.7 Å². The smallest absolute Gasteiger partial charge is 0.0471 e. The lowest BCUT2D eigenvalue weighted by Gasteiger charge is -2.61. The van der Waals surface area contributed by atoms with Crippen molar-refractivity contribution in [1.82, 2.24) is 0 Å². The summed E-state index contributed by atoms with van der Waals surface area (Å²) >= 11 is 0. The predicted molar refractivity (Wildman–Crippen MR) is 243 cm³/mol. The number of benzene rings is 6. The highest BCUT2D eigenvalue weighted by molar-refractivity contribution is 5.97. The number of hydrogen-bond donors (Lipinski definition) is 0. The van der Waals surface area contributed by atoms with E-state index in [2.05, 4.69) is 174 Å². The van der Waals surface area contributed by atoms with Crippen LogP contribution in [0.4, 0.5) is 17.1 Å². The normalized spacial score (nSPS) is 26.8. The minimum atomic E-state index is -0.0886. The van der Waals surface area contributed by atoms with Gasteiger partial charge in [-0.1, -0.05) is 133 Å². The number of hydrogen-bond acceptors (Lipinski definition) is 1. The maximum atomic E-state index is 2.71. The van der Waals surface area contributed by atoms with Crippen molar-refractivity contribution in [3.63, 3.8) is 0 Å². The molecule has 0 N–H and O–H groups in total. The average molecular weight is 756 g/mol. The number of rotatable bonds is 4. The largest absolute Gasteiger partial charge is 0.310 e. The summed E-state index contributed by atoms with van der Waals surface area (Å²) < 4.78 is 0. The highest BCUT2D eigenvalue weighted by Gasteiger charge is 2.62. The van der Waals surface area contributed by atoms with E-state index >= 15 is 0 Å². The maximum Gasteiger partial charge on any atom is 0.0471 e. The van der Waals surface area contributed by atoms with Gasteiger partial charge in [-0.3, -0.25) is 0 Å². The van der Waals surface area contributed by atoms with Gasteiger partial charge in [-0.05, 0) is 183 Å². The topological polar surface area (TPSA) is 3.24 Å². The van der Waals surface area contributed by atoms with Crippen LogP contribution in [0.5, 0.6) is 0 Å². The van der Waals surface area contributed by atoms with Crippen molar-refractivity contribution in [2.45, 2.75) is 108 Å². The van der Waals surface area contributed by atoms with Crippen molar-refractivity contribution < 1.29 is 0 Å². The Morgan fingerprint density at radius 3 is 1.67 bits per heavy atom. The van der Waals surface area contributed by atoms with Crippen molar-refractivity contribution in [3.8, 4) is 33.4 Å². The Balaban J connectivity index is 1.15. The third kappa shape index (κ3) is 4.65. The van der Waals surface area contributed by atoms with Gasteiger partial charge in [0.15, 0.2) is 0 Å². The molecule has 0 amide bonds. The van der Waals surface area contributed by atoms with Crippen LogP contribution < -0.4 is 4.90 Å². The molecule has 0 atom stereocenters. The molecule has 58 heavy (non-hydrogen) atoms. The zero-order valence-corrected chi connectivity index (χ0v) is 35.3. The van der Waals surface area contributed by atoms with E-state index in [0.717, 1.165) is 11.8 Å². The summed E-state index contributed by atoms with van der Waals surface area (Å²) in [4.78, 5) is 2.66. The van der Waals surface area contributed by atoms with Crippen molar-refractivity contribution in [3.05, 3.63) is 161 Å². The summed E-state index contributed by atoms with van der Waals surface area (Å²) in [6.07, 6.45) is 9.40. The quantitative estimate of drug-likeness (QED) is 0.173. The van der Waals surface area contributed by atoms with E-state index < -0.39 is 0 Å². The van der Waals surface area contributed by atoms with Gasteiger partial charge in [0.05, 0.1) is 0 Å². The summed E-state index contributed by atoms with van der Waals surface area (Å²) in [5, 5.41) is 0. The van der Waals surface area contributed by atoms with Gasteiger partial charge in [-0.25, -0.2) is 0 Å². The molecular weight excluding hydrogens is 699 g/mol. The predicted octanol–water partition coefficient (Wildman–Crippen LogP) is 15.2. The van der Waals surface area contributed by atoms with Gasteiger partial charge in [0.25, 0.3) is 0 Å². The lowest BCUT2D eigenvalue weighted by molar-refractivity contribution is -0.0399. The van der Waals surface area contributed by atoms with Crippen molar-refractivity contribution in [2.24, 2.45) is 23.7 Å². The van der Waals surface area contributed by atoms with E-state index in [0.29, 0.717) is 11.8 Å². The molecule has 7 aliphatic carbocycles. The molecule has 290 valence electrons. The summed E-state index contributed by atoms with van der Waals surface area (Å²) in [7, 11) is 0. The molecule has 4 saturated carbocycles. The van der Waals surface area contributed by atoms with Crippen LogP contribution in [0.25, 0.3) is 33.4 Å². The van der Waals surface area contributed by atoms with E-state index in [1.807, 2.05) is 0 Å². The minimum Gasteiger partial charge on any atom is -0.310 e. The molecular formula is C57H57N. The first kappa shape index (κ1) is 35.1. The second-order valence-corrected chi connectivity index (χ2v) is 21.2. The minimum absolute atomic E-state index is 0.0635. The molecule has 0 saturated heterocycles. The van der Waals surface area contributed by atoms with Crippen LogP contribution in [0.1, 0.15) is 120 Å². The van der Waals surface area contributed by atoms with Crippen molar-refractivity contribution in [1.29, 1.82) is 0 Å². The van der Waals surface area contributed by atoms with Crippen molar-refractivity contribution >= 4 is 17.1 Å². The van der Waals surface area contributed by atoms with Gasteiger partial charge in [0.2, 0.25) is 0 Å². The molecule has 1 spiro atoms. The van der Waals surface area contributed by atoms with Crippen LogP contribution in [0.3, 0.4) is 0 Å². The molecule has 0 radical (unpaired) electrons. The Labute approximate surface area is 346 Å². The monoisotopic (exact) mass is 755 g/mol. The summed E-state index contributed by atoms with van der Waals surface area (Å²) in [5.41, 5.74) is 21.6. The molecule has 13 rings (SSSR count).